The summed E-state index contributed by atoms with van der Waals surface area (Å²) < 4.78 is 33.7. The van der Waals surface area contributed by atoms with Gasteiger partial charge in [0, 0.05) is 29.8 Å². The summed E-state index contributed by atoms with van der Waals surface area (Å²) in [7, 11) is -3.87. The van der Waals surface area contributed by atoms with E-state index >= 15 is 0 Å². The summed E-state index contributed by atoms with van der Waals surface area (Å²) >= 11 is 0. The number of para-hydroxylation sites is 2. The Bertz CT molecular complexity index is 1370. The molecule has 2 aromatic carbocycles. The van der Waals surface area contributed by atoms with Crippen LogP contribution in [0, 0.1) is 0 Å². The van der Waals surface area contributed by atoms with Gasteiger partial charge in [-0.3, -0.25) is 14.5 Å². The van der Waals surface area contributed by atoms with Gasteiger partial charge in [-0.2, -0.15) is 0 Å². The third kappa shape index (κ3) is 5.53. The average Bonchev–Trinajstić information content (AvgIpc) is 3.26. The van der Waals surface area contributed by atoms with Crippen LogP contribution in [0.25, 0.3) is 10.9 Å². The quantitative estimate of drug-likeness (QED) is 0.291. The molecule has 176 valence electrons. The second-order valence-electron chi connectivity index (χ2n) is 7.73. The highest BCUT2D eigenvalue weighted by Crippen LogP contribution is 2.27. The molecule has 2 aromatic heterocycles. The molecule has 0 aliphatic rings. The lowest BCUT2D eigenvalue weighted by atomic mass is 10.2. The van der Waals surface area contributed by atoms with E-state index in [4.69, 9.17) is 4.74 Å². The van der Waals surface area contributed by atoms with Crippen LogP contribution < -0.4 is 14.8 Å². The number of aromatic amines is 1. The first kappa shape index (κ1) is 23.3. The van der Waals surface area contributed by atoms with E-state index in [2.05, 4.69) is 20.0 Å². The number of benzene rings is 2. The van der Waals surface area contributed by atoms with Gasteiger partial charge in [0.1, 0.15) is 18.1 Å². The van der Waals surface area contributed by atoms with Crippen molar-refractivity contribution in [2.75, 3.05) is 11.3 Å². The Morgan fingerprint density at radius 2 is 1.91 bits per heavy atom. The number of nitrogens with one attached hydrogen (secondary N) is 3. The molecule has 0 saturated heterocycles. The molecule has 10 heteroatoms. The summed E-state index contributed by atoms with van der Waals surface area (Å²) in [6.45, 7) is 1.85. The number of carbonyl (C=O) groups is 1. The molecule has 2 heterocycles. The molecule has 4 rings (SSSR count). The van der Waals surface area contributed by atoms with Crippen molar-refractivity contribution in [1.29, 1.82) is 0 Å². The first-order valence-corrected chi connectivity index (χ1v) is 12.0. The van der Waals surface area contributed by atoms with Gasteiger partial charge < -0.3 is 20.1 Å². The number of H-pyrrole nitrogens is 1. The van der Waals surface area contributed by atoms with Gasteiger partial charge in [0.05, 0.1) is 16.7 Å². The third-order valence-corrected chi connectivity index (χ3v) is 6.35. The fourth-order valence-corrected chi connectivity index (χ4v) is 4.32. The van der Waals surface area contributed by atoms with Gasteiger partial charge in [-0.1, -0.05) is 24.3 Å². The number of aliphatic hydroxyl groups is 1. The Morgan fingerprint density at radius 3 is 2.65 bits per heavy atom. The number of nitrogens with zero attached hydrogens (tertiary/aromatic N) is 1. The van der Waals surface area contributed by atoms with Gasteiger partial charge in [0.25, 0.3) is 15.9 Å². The number of fused-ring (bicyclic) bond motifs is 1. The monoisotopic (exact) mass is 480 g/mol. The Morgan fingerprint density at radius 1 is 1.15 bits per heavy atom. The molecule has 1 unspecified atom stereocenters. The van der Waals surface area contributed by atoms with Crippen molar-refractivity contribution in [2.45, 2.75) is 24.5 Å². The topological polar surface area (TPSA) is 133 Å². The minimum absolute atomic E-state index is 0.0363. The van der Waals surface area contributed by atoms with Crippen LogP contribution in [0.4, 0.5) is 5.69 Å². The number of aliphatic hydroxyl groups excluding tert-OH is 1. The zero-order chi connectivity index (χ0) is 24.1. The number of aromatic nitrogens is 2. The van der Waals surface area contributed by atoms with Crippen LogP contribution in [0.2, 0.25) is 0 Å². The molecule has 0 spiro atoms. The first-order valence-electron chi connectivity index (χ1n) is 10.5. The summed E-state index contributed by atoms with van der Waals surface area (Å²) in [6.07, 6.45) is 2.63. The maximum Gasteiger partial charge on any atom is 0.267 e. The number of amides is 1. The van der Waals surface area contributed by atoms with Gasteiger partial charge in [-0.05, 0) is 48.9 Å². The summed E-state index contributed by atoms with van der Waals surface area (Å²) in [4.78, 5) is 19.6. The smallest absolute Gasteiger partial charge is 0.267 e. The van der Waals surface area contributed by atoms with Crippen LogP contribution in [0.5, 0.6) is 5.75 Å². The molecule has 4 aromatic rings. The second kappa shape index (κ2) is 9.94. The normalized spacial score (nSPS) is 12.3. The van der Waals surface area contributed by atoms with Crippen LogP contribution in [0.1, 0.15) is 23.0 Å². The van der Waals surface area contributed by atoms with E-state index < -0.39 is 16.1 Å². The SMILES string of the molecule is CC(O)COc1ccccc1NS(=O)(=O)c1ccc(CNC(=O)c2cc3cnccc3[nH]2)cc1. The van der Waals surface area contributed by atoms with Gasteiger partial charge in [0.2, 0.25) is 0 Å². The number of pyridine rings is 1. The Labute approximate surface area is 196 Å². The fourth-order valence-electron chi connectivity index (χ4n) is 3.25. The van der Waals surface area contributed by atoms with E-state index in [0.29, 0.717) is 11.4 Å². The summed E-state index contributed by atoms with van der Waals surface area (Å²) in [5.74, 6) is 0.0439. The van der Waals surface area contributed by atoms with Crippen LogP contribution in [0.15, 0.2) is 78.0 Å². The molecular weight excluding hydrogens is 456 g/mol. The van der Waals surface area contributed by atoms with E-state index in [1.807, 2.05) is 0 Å². The van der Waals surface area contributed by atoms with Crippen LogP contribution in [-0.2, 0) is 16.6 Å². The Balaban J connectivity index is 1.40. The van der Waals surface area contributed by atoms with E-state index in [0.717, 1.165) is 16.5 Å². The van der Waals surface area contributed by atoms with Crippen molar-refractivity contribution in [1.82, 2.24) is 15.3 Å². The molecule has 0 radical (unpaired) electrons. The second-order valence-corrected chi connectivity index (χ2v) is 9.42. The lowest BCUT2D eigenvalue weighted by Gasteiger charge is -2.14. The molecule has 0 fully saturated rings. The first-order chi connectivity index (χ1) is 16.3. The van der Waals surface area contributed by atoms with Gasteiger partial charge in [0.15, 0.2) is 0 Å². The highest BCUT2D eigenvalue weighted by molar-refractivity contribution is 7.92. The van der Waals surface area contributed by atoms with Gasteiger partial charge >= 0.3 is 0 Å². The largest absolute Gasteiger partial charge is 0.489 e. The molecule has 0 aliphatic heterocycles. The van der Waals surface area contributed by atoms with Crippen molar-refractivity contribution in [3.63, 3.8) is 0 Å². The van der Waals surface area contributed by atoms with Gasteiger partial charge in [-0.15, -0.1) is 0 Å². The number of anilines is 1. The van der Waals surface area contributed by atoms with E-state index in [9.17, 15) is 18.3 Å². The standard InChI is InChI=1S/C24H24N4O5S/c1-16(29)15-33-23-5-3-2-4-21(23)28-34(31,32)19-8-6-17(7-9-19)13-26-24(30)22-12-18-14-25-11-10-20(18)27-22/h2-12,14,16,27-29H,13,15H2,1H3,(H,26,30). The average molecular weight is 481 g/mol. The number of ether oxygens (including phenoxy) is 1. The lowest BCUT2D eigenvalue weighted by Crippen LogP contribution is -2.23. The Kier molecular flexibility index (Phi) is 6.80. The third-order valence-electron chi connectivity index (χ3n) is 4.96. The predicted molar refractivity (Wildman–Crippen MR) is 128 cm³/mol. The number of hydrogen-bond acceptors (Lipinski definition) is 6. The molecule has 0 saturated carbocycles. The van der Waals surface area contributed by atoms with Crippen molar-refractivity contribution in [3.8, 4) is 5.75 Å². The minimum Gasteiger partial charge on any atom is -0.489 e. The highest BCUT2D eigenvalue weighted by atomic mass is 32.2. The molecule has 4 N–H and O–H groups in total. The maximum atomic E-state index is 12.8. The molecule has 0 aliphatic carbocycles. The van der Waals surface area contributed by atoms with Crippen molar-refractivity contribution in [3.05, 3.63) is 84.3 Å². The number of carbonyl (C=O) groups excluding carboxylic acids is 1. The molecule has 34 heavy (non-hydrogen) atoms. The van der Waals surface area contributed by atoms with E-state index in [-0.39, 0.29) is 29.6 Å². The number of sulfonamides is 1. The van der Waals surface area contributed by atoms with Gasteiger partial charge in [-0.25, -0.2) is 8.42 Å². The molecule has 0 bridgehead atoms. The number of rotatable bonds is 9. The minimum atomic E-state index is -3.87. The summed E-state index contributed by atoms with van der Waals surface area (Å²) in [6, 6.07) is 16.3. The lowest BCUT2D eigenvalue weighted by molar-refractivity contribution is 0.0946. The van der Waals surface area contributed by atoms with Crippen LogP contribution in [-0.4, -0.2) is 42.1 Å². The molecular formula is C24H24N4O5S. The molecule has 9 nitrogen and oxygen atoms in total. The Hall–Kier alpha value is -3.89. The summed E-state index contributed by atoms with van der Waals surface area (Å²) in [5, 5.41) is 13.1. The van der Waals surface area contributed by atoms with Crippen molar-refractivity contribution < 1.29 is 23.1 Å². The fraction of sp³-hybridized carbons (Fsp3) is 0.167. The van der Waals surface area contributed by atoms with E-state index in [1.165, 1.54) is 12.1 Å². The van der Waals surface area contributed by atoms with E-state index in [1.54, 1.807) is 67.8 Å². The zero-order valence-corrected chi connectivity index (χ0v) is 19.2. The zero-order valence-electron chi connectivity index (χ0n) is 18.4. The van der Waals surface area contributed by atoms with Crippen molar-refractivity contribution in [2.24, 2.45) is 0 Å². The van der Waals surface area contributed by atoms with Crippen molar-refractivity contribution >= 4 is 32.5 Å². The summed E-state index contributed by atoms with van der Waals surface area (Å²) in [5.41, 5.74) is 2.25. The highest BCUT2D eigenvalue weighted by Gasteiger charge is 2.17. The molecule has 1 amide bonds. The van der Waals surface area contributed by atoms with Crippen LogP contribution >= 0.6 is 0 Å². The predicted octanol–water partition coefficient (Wildman–Crippen LogP) is 3.05. The maximum absolute atomic E-state index is 12.8. The van der Waals surface area contributed by atoms with Crippen LogP contribution in [0.3, 0.4) is 0 Å². The molecule has 1 atom stereocenters. The number of hydrogen-bond donors (Lipinski definition) is 4.